The smallest absolute Gasteiger partial charge is 0.223 e. The van der Waals surface area contributed by atoms with Crippen molar-refractivity contribution >= 4 is 16.8 Å². The number of carbonyl (C=O) groups excluding carboxylic acids is 1. The Balaban J connectivity index is 1.24. The fraction of sp³-hybridized carbons (Fsp3) is 0.435. The molecule has 150 valence electrons. The Kier molecular flexibility index (Phi) is 5.02. The Labute approximate surface area is 170 Å². The molecule has 2 aromatic heterocycles. The third kappa shape index (κ3) is 4.03. The van der Waals surface area contributed by atoms with Crippen LogP contribution in [-0.2, 0) is 31.0 Å². The van der Waals surface area contributed by atoms with E-state index in [1.807, 2.05) is 12.1 Å². The fourth-order valence-electron chi connectivity index (χ4n) is 4.23. The van der Waals surface area contributed by atoms with E-state index in [1.165, 1.54) is 17.5 Å². The molecule has 29 heavy (non-hydrogen) atoms. The molecule has 1 fully saturated rings. The van der Waals surface area contributed by atoms with Gasteiger partial charge in [0.2, 0.25) is 5.91 Å². The topological polar surface area (TPSA) is 63.1 Å². The number of amides is 1. The quantitative estimate of drug-likeness (QED) is 0.728. The number of benzene rings is 1. The Hall–Kier alpha value is -2.73. The first-order chi connectivity index (χ1) is 14.2. The molecule has 0 radical (unpaired) electrons. The highest BCUT2D eigenvalue weighted by Crippen LogP contribution is 2.26. The highest BCUT2D eigenvalue weighted by molar-refractivity contribution is 5.79. The number of hydrogen-bond donors (Lipinski definition) is 1. The second-order valence-electron chi connectivity index (χ2n) is 8.26. The number of pyridine rings is 1. The standard InChI is InChI=1S/C23H27N5O/c29-23(18-6-3-7-18)24-14-20-13-21-16-27(11-4-12-28(21)26-20)15-19-10-9-17-5-1-2-8-22(17)25-19/h1-2,5,8-10,13,18H,3-4,6-7,11-12,14-16H2,(H,24,29). The fourth-order valence-corrected chi connectivity index (χ4v) is 4.23. The molecule has 2 aliphatic rings. The minimum absolute atomic E-state index is 0.184. The molecule has 6 nitrogen and oxygen atoms in total. The monoisotopic (exact) mass is 389 g/mol. The van der Waals surface area contributed by atoms with Gasteiger partial charge in [0.1, 0.15) is 0 Å². The van der Waals surface area contributed by atoms with E-state index in [-0.39, 0.29) is 11.8 Å². The first-order valence-corrected chi connectivity index (χ1v) is 10.6. The molecule has 6 heteroatoms. The molecule has 0 saturated heterocycles. The summed E-state index contributed by atoms with van der Waals surface area (Å²) in [4.78, 5) is 19.4. The molecule has 0 atom stereocenters. The lowest BCUT2D eigenvalue weighted by Gasteiger charge is -2.23. The van der Waals surface area contributed by atoms with E-state index in [2.05, 4.69) is 45.2 Å². The van der Waals surface area contributed by atoms with Crippen LogP contribution < -0.4 is 5.32 Å². The number of aryl methyl sites for hydroxylation is 1. The first kappa shape index (κ1) is 18.3. The van der Waals surface area contributed by atoms with Crippen molar-refractivity contribution < 1.29 is 4.79 Å². The Morgan fingerprint density at radius 3 is 2.83 bits per heavy atom. The average Bonchev–Trinajstić information content (AvgIpc) is 2.97. The van der Waals surface area contributed by atoms with Crippen LogP contribution in [0.25, 0.3) is 10.9 Å². The summed E-state index contributed by atoms with van der Waals surface area (Å²) in [6.45, 7) is 4.18. The van der Waals surface area contributed by atoms with Crippen molar-refractivity contribution in [1.82, 2.24) is 25.0 Å². The van der Waals surface area contributed by atoms with Gasteiger partial charge in [0.15, 0.2) is 0 Å². The second-order valence-corrected chi connectivity index (χ2v) is 8.26. The second kappa shape index (κ2) is 7.95. The number of carbonyl (C=O) groups is 1. The van der Waals surface area contributed by atoms with Crippen molar-refractivity contribution in [2.75, 3.05) is 6.54 Å². The van der Waals surface area contributed by atoms with Crippen LogP contribution in [0.5, 0.6) is 0 Å². The number of aromatic nitrogens is 3. The van der Waals surface area contributed by atoms with Crippen molar-refractivity contribution in [1.29, 1.82) is 0 Å². The molecule has 0 unspecified atom stereocenters. The van der Waals surface area contributed by atoms with Crippen LogP contribution in [-0.4, -0.2) is 32.1 Å². The summed E-state index contributed by atoms with van der Waals surface area (Å²) in [7, 11) is 0. The third-order valence-corrected chi connectivity index (χ3v) is 6.11. The third-order valence-electron chi connectivity index (χ3n) is 6.11. The Bertz CT molecular complexity index is 1020. The van der Waals surface area contributed by atoms with Crippen LogP contribution in [0, 0.1) is 5.92 Å². The van der Waals surface area contributed by atoms with Crippen molar-refractivity contribution in [2.24, 2.45) is 5.92 Å². The van der Waals surface area contributed by atoms with Crippen LogP contribution in [0.15, 0.2) is 42.5 Å². The number of hydrogen-bond acceptors (Lipinski definition) is 4. The highest BCUT2D eigenvalue weighted by atomic mass is 16.1. The van der Waals surface area contributed by atoms with Crippen molar-refractivity contribution in [2.45, 2.75) is 51.9 Å². The lowest BCUT2D eigenvalue weighted by molar-refractivity contribution is -0.127. The molecule has 1 saturated carbocycles. The lowest BCUT2D eigenvalue weighted by atomic mass is 9.85. The number of rotatable bonds is 5. The van der Waals surface area contributed by atoms with Gasteiger partial charge >= 0.3 is 0 Å². The van der Waals surface area contributed by atoms with E-state index in [0.717, 1.165) is 62.3 Å². The molecular weight excluding hydrogens is 362 g/mol. The normalized spacial score (nSPS) is 17.5. The number of nitrogens with zero attached hydrogens (tertiary/aromatic N) is 4. The predicted octanol–water partition coefficient (Wildman–Crippen LogP) is 3.25. The zero-order valence-electron chi connectivity index (χ0n) is 16.7. The van der Waals surface area contributed by atoms with Gasteiger partial charge in [-0.25, -0.2) is 0 Å². The SMILES string of the molecule is O=C(NCc1cc2n(n1)CCCN(Cc1ccc3ccccc3n1)C2)C1CCC1. The van der Waals surface area contributed by atoms with Crippen molar-refractivity contribution in [3.8, 4) is 0 Å². The van der Waals surface area contributed by atoms with Crippen LogP contribution in [0.1, 0.15) is 42.8 Å². The van der Waals surface area contributed by atoms with Crippen LogP contribution in [0.2, 0.25) is 0 Å². The van der Waals surface area contributed by atoms with Gasteiger partial charge in [0.25, 0.3) is 0 Å². The molecule has 1 aliphatic carbocycles. The van der Waals surface area contributed by atoms with Crippen molar-refractivity contribution in [3.05, 3.63) is 59.5 Å². The van der Waals surface area contributed by atoms with Gasteiger partial charge in [0, 0.05) is 37.5 Å². The van der Waals surface area contributed by atoms with Gasteiger partial charge in [-0.2, -0.15) is 5.10 Å². The van der Waals surface area contributed by atoms with Gasteiger partial charge < -0.3 is 5.32 Å². The molecule has 1 amide bonds. The Morgan fingerprint density at radius 2 is 1.97 bits per heavy atom. The molecule has 1 aromatic carbocycles. The maximum absolute atomic E-state index is 12.1. The molecule has 3 aromatic rings. The van der Waals surface area contributed by atoms with E-state index < -0.39 is 0 Å². The largest absolute Gasteiger partial charge is 0.350 e. The summed E-state index contributed by atoms with van der Waals surface area (Å²) in [5.41, 5.74) is 4.33. The molecule has 1 N–H and O–H groups in total. The maximum Gasteiger partial charge on any atom is 0.223 e. The molecule has 5 rings (SSSR count). The minimum Gasteiger partial charge on any atom is -0.350 e. The summed E-state index contributed by atoms with van der Waals surface area (Å²) < 4.78 is 2.11. The predicted molar refractivity (Wildman–Crippen MR) is 112 cm³/mol. The summed E-state index contributed by atoms with van der Waals surface area (Å²) in [6, 6.07) is 14.7. The number of nitrogens with one attached hydrogen (secondary N) is 1. The first-order valence-electron chi connectivity index (χ1n) is 10.6. The summed E-state index contributed by atoms with van der Waals surface area (Å²) in [5, 5.41) is 8.96. The lowest BCUT2D eigenvalue weighted by Crippen LogP contribution is -2.34. The van der Waals surface area contributed by atoms with Gasteiger partial charge in [-0.3, -0.25) is 19.4 Å². The molecule has 0 bridgehead atoms. The van der Waals surface area contributed by atoms with E-state index in [4.69, 9.17) is 10.1 Å². The van der Waals surface area contributed by atoms with Crippen LogP contribution >= 0.6 is 0 Å². The van der Waals surface area contributed by atoms with E-state index in [1.54, 1.807) is 0 Å². The summed E-state index contributed by atoms with van der Waals surface area (Å²) in [5.74, 6) is 0.406. The van der Waals surface area contributed by atoms with Gasteiger partial charge in [0.05, 0.1) is 29.1 Å². The van der Waals surface area contributed by atoms with Crippen LogP contribution in [0.3, 0.4) is 0 Å². The number of para-hydroxylation sites is 1. The highest BCUT2D eigenvalue weighted by Gasteiger charge is 2.25. The van der Waals surface area contributed by atoms with E-state index in [9.17, 15) is 4.79 Å². The summed E-state index contributed by atoms with van der Waals surface area (Å²) >= 11 is 0. The summed E-state index contributed by atoms with van der Waals surface area (Å²) in [6.07, 6.45) is 4.31. The van der Waals surface area contributed by atoms with Gasteiger partial charge in [-0.05, 0) is 37.5 Å². The molecule has 1 aliphatic heterocycles. The van der Waals surface area contributed by atoms with E-state index in [0.29, 0.717) is 6.54 Å². The Morgan fingerprint density at radius 1 is 1.07 bits per heavy atom. The van der Waals surface area contributed by atoms with Gasteiger partial charge in [-0.1, -0.05) is 30.7 Å². The molecular formula is C23H27N5O. The minimum atomic E-state index is 0.184. The average molecular weight is 390 g/mol. The number of fused-ring (bicyclic) bond motifs is 2. The maximum atomic E-state index is 12.1. The van der Waals surface area contributed by atoms with Gasteiger partial charge in [-0.15, -0.1) is 0 Å². The van der Waals surface area contributed by atoms with Crippen molar-refractivity contribution in [3.63, 3.8) is 0 Å². The molecule has 3 heterocycles. The zero-order valence-corrected chi connectivity index (χ0v) is 16.7. The zero-order chi connectivity index (χ0) is 19.6. The van der Waals surface area contributed by atoms with Crippen LogP contribution in [0.4, 0.5) is 0 Å². The van der Waals surface area contributed by atoms with E-state index >= 15 is 0 Å². The molecule has 0 spiro atoms.